The van der Waals surface area contributed by atoms with E-state index in [0.29, 0.717) is 5.75 Å². The summed E-state index contributed by atoms with van der Waals surface area (Å²) >= 11 is 3.35. The highest BCUT2D eigenvalue weighted by Gasteiger charge is 2.01. The standard InChI is InChI=1S/C13H14BrNO4/c1-19-11-4-2-9(8-10(11)14)3-5-12(16)15-7-6-13(17)18/h2-5,8H,6-7H2,1H3,(H,15,16)(H,17,18)/b5-3+. The van der Waals surface area contributed by atoms with Crippen molar-refractivity contribution in [3.05, 3.63) is 34.3 Å². The predicted molar refractivity (Wildman–Crippen MR) is 75.0 cm³/mol. The van der Waals surface area contributed by atoms with Crippen molar-refractivity contribution in [1.29, 1.82) is 0 Å². The fourth-order valence-electron chi connectivity index (χ4n) is 1.31. The van der Waals surface area contributed by atoms with Gasteiger partial charge in [-0.15, -0.1) is 0 Å². The Hall–Kier alpha value is -1.82. The Balaban J connectivity index is 2.54. The van der Waals surface area contributed by atoms with Gasteiger partial charge in [0, 0.05) is 12.6 Å². The first-order valence-electron chi connectivity index (χ1n) is 5.54. The van der Waals surface area contributed by atoms with E-state index in [2.05, 4.69) is 21.2 Å². The Labute approximate surface area is 119 Å². The van der Waals surface area contributed by atoms with Crippen LogP contribution in [0.5, 0.6) is 5.75 Å². The summed E-state index contributed by atoms with van der Waals surface area (Å²) in [5, 5.41) is 10.9. The molecule has 0 aliphatic heterocycles. The Bertz CT molecular complexity index is 499. The van der Waals surface area contributed by atoms with Crippen molar-refractivity contribution in [2.45, 2.75) is 6.42 Å². The first-order valence-corrected chi connectivity index (χ1v) is 6.33. The van der Waals surface area contributed by atoms with E-state index in [1.165, 1.54) is 6.08 Å². The number of amides is 1. The normalized spacial score (nSPS) is 10.4. The average Bonchev–Trinajstić information content (AvgIpc) is 2.36. The largest absolute Gasteiger partial charge is 0.496 e. The lowest BCUT2D eigenvalue weighted by atomic mass is 10.2. The summed E-state index contributed by atoms with van der Waals surface area (Å²) < 4.78 is 5.89. The van der Waals surface area contributed by atoms with E-state index < -0.39 is 5.97 Å². The molecule has 0 aliphatic carbocycles. The van der Waals surface area contributed by atoms with Crippen LogP contribution in [0.15, 0.2) is 28.7 Å². The maximum absolute atomic E-state index is 11.4. The molecule has 0 atom stereocenters. The molecule has 6 heteroatoms. The molecule has 0 saturated heterocycles. The summed E-state index contributed by atoms with van der Waals surface area (Å²) in [6.45, 7) is 0.116. The van der Waals surface area contributed by atoms with Crippen LogP contribution >= 0.6 is 15.9 Å². The maximum Gasteiger partial charge on any atom is 0.305 e. The summed E-state index contributed by atoms with van der Waals surface area (Å²) in [7, 11) is 1.57. The summed E-state index contributed by atoms with van der Waals surface area (Å²) in [5.74, 6) is -0.556. The van der Waals surface area contributed by atoms with Gasteiger partial charge in [0.1, 0.15) is 5.75 Å². The number of hydrogen-bond donors (Lipinski definition) is 2. The van der Waals surface area contributed by atoms with Gasteiger partial charge in [0.05, 0.1) is 18.0 Å². The van der Waals surface area contributed by atoms with Crippen molar-refractivity contribution in [3.63, 3.8) is 0 Å². The number of rotatable bonds is 6. The van der Waals surface area contributed by atoms with Crippen LogP contribution in [0.25, 0.3) is 6.08 Å². The quantitative estimate of drug-likeness (QED) is 0.784. The van der Waals surface area contributed by atoms with Crippen LogP contribution in [0, 0.1) is 0 Å². The van der Waals surface area contributed by atoms with Crippen LogP contribution in [0.3, 0.4) is 0 Å². The summed E-state index contributed by atoms with van der Waals surface area (Å²) in [5.41, 5.74) is 0.834. The van der Waals surface area contributed by atoms with Gasteiger partial charge in [0.15, 0.2) is 0 Å². The minimum Gasteiger partial charge on any atom is -0.496 e. The topological polar surface area (TPSA) is 75.6 Å². The lowest BCUT2D eigenvalue weighted by molar-refractivity contribution is -0.136. The molecule has 0 fully saturated rings. The van der Waals surface area contributed by atoms with Crippen LogP contribution in [0.2, 0.25) is 0 Å². The molecule has 0 radical (unpaired) electrons. The van der Waals surface area contributed by atoms with E-state index in [4.69, 9.17) is 9.84 Å². The number of halogens is 1. The number of methoxy groups -OCH3 is 1. The molecular formula is C13H14BrNO4. The number of ether oxygens (including phenoxy) is 1. The molecule has 1 aromatic rings. The van der Waals surface area contributed by atoms with Crippen LogP contribution in [-0.2, 0) is 9.59 Å². The van der Waals surface area contributed by atoms with E-state index in [1.807, 2.05) is 12.1 Å². The molecule has 0 saturated carbocycles. The number of aliphatic carboxylic acids is 1. The van der Waals surface area contributed by atoms with Gasteiger partial charge in [-0.25, -0.2) is 0 Å². The molecule has 1 aromatic carbocycles. The molecule has 0 heterocycles. The van der Waals surface area contributed by atoms with Gasteiger partial charge in [-0.2, -0.15) is 0 Å². The Morgan fingerprint density at radius 2 is 2.21 bits per heavy atom. The minimum atomic E-state index is -0.941. The van der Waals surface area contributed by atoms with Crippen molar-refractivity contribution >= 4 is 33.9 Å². The first kappa shape index (κ1) is 15.2. The highest BCUT2D eigenvalue weighted by atomic mass is 79.9. The van der Waals surface area contributed by atoms with Crippen molar-refractivity contribution in [1.82, 2.24) is 5.32 Å². The van der Waals surface area contributed by atoms with Crippen molar-refractivity contribution in [2.75, 3.05) is 13.7 Å². The SMILES string of the molecule is COc1ccc(/C=C/C(=O)NCCC(=O)O)cc1Br. The number of nitrogens with one attached hydrogen (secondary N) is 1. The lowest BCUT2D eigenvalue weighted by Gasteiger charge is -2.03. The van der Waals surface area contributed by atoms with Crippen LogP contribution in [0.1, 0.15) is 12.0 Å². The van der Waals surface area contributed by atoms with Gasteiger partial charge in [-0.05, 0) is 39.7 Å². The summed E-state index contributed by atoms with van der Waals surface area (Å²) in [6, 6.07) is 5.41. The molecule has 19 heavy (non-hydrogen) atoms. The predicted octanol–water partition coefficient (Wildman–Crippen LogP) is 2.06. The molecule has 102 valence electrons. The van der Waals surface area contributed by atoms with Gasteiger partial charge >= 0.3 is 5.97 Å². The molecule has 5 nitrogen and oxygen atoms in total. The Kier molecular flexibility index (Phi) is 6.08. The number of benzene rings is 1. The van der Waals surface area contributed by atoms with E-state index in [9.17, 15) is 9.59 Å². The van der Waals surface area contributed by atoms with Gasteiger partial charge in [-0.3, -0.25) is 9.59 Å². The maximum atomic E-state index is 11.4. The number of carbonyl (C=O) groups excluding carboxylic acids is 1. The second kappa shape index (κ2) is 7.58. The van der Waals surface area contributed by atoms with E-state index in [-0.39, 0.29) is 18.9 Å². The summed E-state index contributed by atoms with van der Waals surface area (Å²) in [4.78, 5) is 21.7. The van der Waals surface area contributed by atoms with Gasteiger partial charge in [0.25, 0.3) is 0 Å². The zero-order valence-corrected chi connectivity index (χ0v) is 11.9. The molecule has 0 aliphatic rings. The third-order valence-electron chi connectivity index (χ3n) is 2.24. The van der Waals surface area contributed by atoms with E-state index >= 15 is 0 Å². The molecule has 0 bridgehead atoms. The second-order valence-electron chi connectivity index (χ2n) is 3.66. The Morgan fingerprint density at radius 3 is 2.79 bits per heavy atom. The van der Waals surface area contributed by atoms with Crippen molar-refractivity contribution in [2.24, 2.45) is 0 Å². The van der Waals surface area contributed by atoms with Crippen LogP contribution in [0.4, 0.5) is 0 Å². The highest BCUT2D eigenvalue weighted by Crippen LogP contribution is 2.25. The average molecular weight is 328 g/mol. The Morgan fingerprint density at radius 1 is 1.47 bits per heavy atom. The number of carbonyl (C=O) groups is 2. The molecule has 2 N–H and O–H groups in total. The molecule has 1 rings (SSSR count). The van der Waals surface area contributed by atoms with Crippen molar-refractivity contribution in [3.8, 4) is 5.75 Å². The monoisotopic (exact) mass is 327 g/mol. The van der Waals surface area contributed by atoms with E-state index in [1.54, 1.807) is 19.3 Å². The zero-order valence-electron chi connectivity index (χ0n) is 10.4. The molecule has 0 spiro atoms. The third-order valence-corrected chi connectivity index (χ3v) is 2.86. The second-order valence-corrected chi connectivity index (χ2v) is 4.52. The number of hydrogen-bond acceptors (Lipinski definition) is 3. The van der Waals surface area contributed by atoms with Gasteiger partial charge < -0.3 is 15.2 Å². The summed E-state index contributed by atoms with van der Waals surface area (Å²) in [6.07, 6.45) is 2.91. The fourth-order valence-corrected chi connectivity index (χ4v) is 1.87. The third kappa shape index (κ3) is 5.56. The molecule has 0 aromatic heterocycles. The van der Waals surface area contributed by atoms with Crippen LogP contribution < -0.4 is 10.1 Å². The van der Waals surface area contributed by atoms with Crippen LogP contribution in [-0.4, -0.2) is 30.6 Å². The molecule has 1 amide bonds. The first-order chi connectivity index (χ1) is 9.02. The molecular weight excluding hydrogens is 314 g/mol. The smallest absolute Gasteiger partial charge is 0.305 e. The van der Waals surface area contributed by atoms with Gasteiger partial charge in [-0.1, -0.05) is 6.07 Å². The van der Waals surface area contributed by atoms with Gasteiger partial charge in [0.2, 0.25) is 5.91 Å². The fraction of sp³-hybridized carbons (Fsp3) is 0.231. The minimum absolute atomic E-state index is 0.0896. The zero-order chi connectivity index (χ0) is 14.3. The highest BCUT2D eigenvalue weighted by molar-refractivity contribution is 9.10. The van der Waals surface area contributed by atoms with E-state index in [0.717, 1.165) is 10.0 Å². The molecule has 0 unspecified atom stereocenters. The lowest BCUT2D eigenvalue weighted by Crippen LogP contribution is -2.23. The number of carboxylic acid groups (broad SMARTS) is 1. The number of carboxylic acids is 1. The van der Waals surface area contributed by atoms with Crippen molar-refractivity contribution < 1.29 is 19.4 Å².